The van der Waals surface area contributed by atoms with E-state index in [4.69, 9.17) is 0 Å². The summed E-state index contributed by atoms with van der Waals surface area (Å²) in [5.41, 5.74) is 4.16. The van der Waals surface area contributed by atoms with E-state index in [2.05, 4.69) is 28.1 Å². The third kappa shape index (κ3) is 1.23. The second-order valence-electron chi connectivity index (χ2n) is 4.68. The lowest BCUT2D eigenvalue weighted by atomic mass is 10.2. The molecule has 0 atom stereocenters. The number of aryl methyl sites for hydroxylation is 1. The van der Waals surface area contributed by atoms with Gasteiger partial charge in [0.1, 0.15) is 16.9 Å². The Labute approximate surface area is 104 Å². The van der Waals surface area contributed by atoms with E-state index in [0.29, 0.717) is 0 Å². The van der Waals surface area contributed by atoms with Crippen molar-refractivity contribution in [1.82, 2.24) is 14.6 Å². The summed E-state index contributed by atoms with van der Waals surface area (Å²) < 4.78 is 1.98. The Bertz CT molecular complexity index is 798. The first kappa shape index (κ1) is 9.76. The van der Waals surface area contributed by atoms with Crippen molar-refractivity contribution < 1.29 is 0 Å². The fourth-order valence-corrected chi connectivity index (χ4v) is 2.52. The van der Waals surface area contributed by atoms with Crippen LogP contribution in [0.25, 0.3) is 21.9 Å². The van der Waals surface area contributed by atoms with Crippen molar-refractivity contribution in [3.8, 4) is 0 Å². The average Bonchev–Trinajstić information content (AvgIpc) is 2.77. The van der Waals surface area contributed by atoms with Crippen LogP contribution in [0.2, 0.25) is 0 Å². The molecule has 4 nitrogen and oxygen atoms in total. The van der Waals surface area contributed by atoms with Crippen LogP contribution in [0.5, 0.6) is 0 Å². The SMILES string of the molecule is CC1=Nn2c(nc3cnc4ccccc4c32)CC1. The molecule has 0 unspecified atom stereocenters. The zero-order chi connectivity index (χ0) is 12.1. The number of fused-ring (bicyclic) bond motifs is 5. The monoisotopic (exact) mass is 236 g/mol. The van der Waals surface area contributed by atoms with Gasteiger partial charge in [0.2, 0.25) is 0 Å². The van der Waals surface area contributed by atoms with E-state index in [9.17, 15) is 0 Å². The quantitative estimate of drug-likeness (QED) is 0.602. The third-order valence-corrected chi connectivity index (χ3v) is 3.41. The maximum absolute atomic E-state index is 4.63. The highest BCUT2D eigenvalue weighted by Gasteiger charge is 2.17. The molecule has 0 amide bonds. The smallest absolute Gasteiger partial charge is 0.131 e. The molecular formula is C14H12N4. The molecule has 3 heterocycles. The molecule has 0 N–H and O–H groups in total. The molecule has 88 valence electrons. The molecule has 2 aromatic heterocycles. The number of aromatic nitrogens is 3. The minimum Gasteiger partial charge on any atom is -0.254 e. The van der Waals surface area contributed by atoms with Crippen molar-refractivity contribution in [2.45, 2.75) is 19.8 Å². The van der Waals surface area contributed by atoms with E-state index in [1.807, 2.05) is 29.1 Å². The van der Waals surface area contributed by atoms with Crippen molar-refractivity contribution in [3.63, 3.8) is 0 Å². The van der Waals surface area contributed by atoms with Crippen LogP contribution in [0.4, 0.5) is 0 Å². The van der Waals surface area contributed by atoms with Crippen molar-refractivity contribution in [1.29, 1.82) is 0 Å². The van der Waals surface area contributed by atoms with Gasteiger partial charge in [0.05, 0.1) is 11.7 Å². The summed E-state index contributed by atoms with van der Waals surface area (Å²) in [6.45, 7) is 2.07. The number of benzene rings is 1. The van der Waals surface area contributed by atoms with Crippen LogP contribution in [0.1, 0.15) is 19.2 Å². The van der Waals surface area contributed by atoms with Crippen LogP contribution in [-0.2, 0) is 6.42 Å². The van der Waals surface area contributed by atoms with E-state index in [1.165, 1.54) is 0 Å². The summed E-state index contributed by atoms with van der Waals surface area (Å²) in [6.07, 6.45) is 3.79. The number of rotatable bonds is 0. The fraction of sp³-hybridized carbons (Fsp3) is 0.214. The molecule has 0 radical (unpaired) electrons. The Balaban J connectivity index is 2.22. The molecule has 0 aliphatic carbocycles. The Morgan fingerprint density at radius 2 is 2.00 bits per heavy atom. The number of imidazole rings is 1. The average molecular weight is 236 g/mol. The molecule has 1 aliphatic rings. The lowest BCUT2D eigenvalue weighted by Crippen LogP contribution is -2.10. The first-order valence-corrected chi connectivity index (χ1v) is 6.12. The normalized spacial score (nSPS) is 14.8. The van der Waals surface area contributed by atoms with Gasteiger partial charge in [-0.05, 0) is 19.4 Å². The summed E-state index contributed by atoms with van der Waals surface area (Å²) >= 11 is 0. The zero-order valence-corrected chi connectivity index (χ0v) is 10.1. The minimum absolute atomic E-state index is 0.933. The van der Waals surface area contributed by atoms with Gasteiger partial charge in [-0.1, -0.05) is 18.2 Å². The van der Waals surface area contributed by atoms with Crippen LogP contribution < -0.4 is 0 Å². The van der Waals surface area contributed by atoms with Gasteiger partial charge in [0, 0.05) is 17.5 Å². The van der Waals surface area contributed by atoms with Gasteiger partial charge in [-0.3, -0.25) is 4.98 Å². The van der Waals surface area contributed by atoms with Crippen LogP contribution in [-0.4, -0.2) is 20.4 Å². The molecule has 1 aliphatic heterocycles. The molecule has 0 saturated carbocycles. The summed E-state index contributed by atoms with van der Waals surface area (Å²) in [7, 11) is 0. The Hall–Kier alpha value is -2.23. The zero-order valence-electron chi connectivity index (χ0n) is 10.1. The molecule has 1 aromatic carbocycles. The molecule has 0 fully saturated rings. The van der Waals surface area contributed by atoms with Crippen molar-refractivity contribution >= 4 is 27.6 Å². The second-order valence-corrected chi connectivity index (χ2v) is 4.68. The number of para-hydroxylation sites is 1. The third-order valence-electron chi connectivity index (χ3n) is 3.41. The molecule has 18 heavy (non-hydrogen) atoms. The standard InChI is InChI=1S/C14H12N4/c1-9-6-7-13-16-12-8-15-11-5-3-2-4-10(11)14(12)18(13)17-9/h2-5,8H,6-7H2,1H3. The molecule has 4 heteroatoms. The number of pyridine rings is 1. The Kier molecular flexibility index (Phi) is 1.84. The van der Waals surface area contributed by atoms with E-state index in [-0.39, 0.29) is 0 Å². The summed E-state index contributed by atoms with van der Waals surface area (Å²) in [5.74, 6) is 1.04. The van der Waals surface area contributed by atoms with Crippen molar-refractivity contribution in [3.05, 3.63) is 36.3 Å². The molecule has 0 saturated heterocycles. The first-order chi connectivity index (χ1) is 8.83. The highest BCUT2D eigenvalue weighted by atomic mass is 15.4. The van der Waals surface area contributed by atoms with Gasteiger partial charge in [0.25, 0.3) is 0 Å². The van der Waals surface area contributed by atoms with Gasteiger partial charge in [0.15, 0.2) is 0 Å². The van der Waals surface area contributed by atoms with Crippen LogP contribution in [0.15, 0.2) is 35.6 Å². The van der Waals surface area contributed by atoms with Crippen molar-refractivity contribution in [2.75, 3.05) is 0 Å². The topological polar surface area (TPSA) is 43.1 Å². The van der Waals surface area contributed by atoms with E-state index in [1.54, 1.807) is 0 Å². The number of hydrogen-bond acceptors (Lipinski definition) is 3. The highest BCUT2D eigenvalue weighted by Crippen LogP contribution is 2.26. The predicted octanol–water partition coefficient (Wildman–Crippen LogP) is 2.75. The van der Waals surface area contributed by atoms with E-state index in [0.717, 1.165) is 46.3 Å². The predicted molar refractivity (Wildman–Crippen MR) is 71.9 cm³/mol. The molecule has 0 spiro atoms. The fourth-order valence-electron chi connectivity index (χ4n) is 2.52. The van der Waals surface area contributed by atoms with E-state index >= 15 is 0 Å². The second kappa shape index (κ2) is 3.38. The van der Waals surface area contributed by atoms with Crippen molar-refractivity contribution in [2.24, 2.45) is 5.10 Å². The molecule has 3 aromatic rings. The molecule has 4 rings (SSSR count). The van der Waals surface area contributed by atoms with Gasteiger partial charge >= 0.3 is 0 Å². The Morgan fingerprint density at radius 1 is 1.11 bits per heavy atom. The Morgan fingerprint density at radius 3 is 2.94 bits per heavy atom. The summed E-state index contributed by atoms with van der Waals surface area (Å²) in [6, 6.07) is 8.14. The summed E-state index contributed by atoms with van der Waals surface area (Å²) in [4.78, 5) is 9.08. The van der Waals surface area contributed by atoms with Gasteiger partial charge in [-0.15, -0.1) is 0 Å². The minimum atomic E-state index is 0.933. The highest BCUT2D eigenvalue weighted by molar-refractivity contribution is 6.02. The molecule has 0 bridgehead atoms. The van der Waals surface area contributed by atoms with Gasteiger partial charge in [-0.25, -0.2) is 9.66 Å². The van der Waals surface area contributed by atoms with Crippen LogP contribution in [0.3, 0.4) is 0 Å². The summed E-state index contributed by atoms with van der Waals surface area (Å²) in [5, 5.41) is 5.74. The maximum atomic E-state index is 4.63. The lowest BCUT2D eigenvalue weighted by molar-refractivity contribution is 0.747. The van der Waals surface area contributed by atoms with Crippen LogP contribution in [0, 0.1) is 0 Å². The lowest BCUT2D eigenvalue weighted by Gasteiger charge is -2.11. The van der Waals surface area contributed by atoms with Crippen LogP contribution >= 0.6 is 0 Å². The van der Waals surface area contributed by atoms with E-state index < -0.39 is 0 Å². The number of hydrogen-bond donors (Lipinski definition) is 0. The number of nitrogens with zero attached hydrogens (tertiary/aromatic N) is 4. The molecular weight excluding hydrogens is 224 g/mol. The maximum Gasteiger partial charge on any atom is 0.131 e. The van der Waals surface area contributed by atoms with Gasteiger partial charge < -0.3 is 0 Å². The van der Waals surface area contributed by atoms with Gasteiger partial charge in [-0.2, -0.15) is 5.10 Å². The largest absolute Gasteiger partial charge is 0.254 e. The first-order valence-electron chi connectivity index (χ1n) is 6.12.